The van der Waals surface area contributed by atoms with E-state index in [1.165, 1.54) is 11.3 Å². The van der Waals surface area contributed by atoms with E-state index in [-0.39, 0.29) is 24.3 Å². The van der Waals surface area contributed by atoms with Crippen LogP contribution in [0.2, 0.25) is 0 Å². The van der Waals surface area contributed by atoms with Crippen molar-refractivity contribution in [2.45, 2.75) is 30.8 Å². The number of hydrogen-bond donors (Lipinski definition) is 1. The lowest BCUT2D eigenvalue weighted by Gasteiger charge is -2.18. The molecule has 36 heavy (non-hydrogen) atoms. The van der Waals surface area contributed by atoms with Gasteiger partial charge in [0.15, 0.2) is 0 Å². The number of tetrazole rings is 1. The van der Waals surface area contributed by atoms with Gasteiger partial charge in [-0.3, -0.25) is 0 Å². The Morgan fingerprint density at radius 2 is 1.83 bits per heavy atom. The second-order valence-corrected chi connectivity index (χ2v) is 9.18. The number of ether oxygens (including phenoxy) is 3. The Morgan fingerprint density at radius 3 is 2.58 bits per heavy atom. The summed E-state index contributed by atoms with van der Waals surface area (Å²) in [6, 6.07) is 16.4. The lowest BCUT2D eigenvalue weighted by atomic mass is 10.1. The highest BCUT2D eigenvalue weighted by molar-refractivity contribution is 5.46. The molecular weight excluding hydrogens is 460 g/mol. The largest absolute Gasteiger partial charge is 0.423 e. The van der Waals surface area contributed by atoms with Crippen LogP contribution in [0, 0.1) is 0 Å². The third-order valence-corrected chi connectivity index (χ3v) is 6.67. The van der Waals surface area contributed by atoms with Crippen LogP contribution in [-0.4, -0.2) is 75.3 Å². The average molecular weight is 489 g/mol. The lowest BCUT2D eigenvalue weighted by Crippen LogP contribution is -2.40. The van der Waals surface area contributed by atoms with Crippen molar-refractivity contribution in [2.75, 3.05) is 32.2 Å². The number of fused-ring (bicyclic) bond motifs is 1. The molecule has 0 aliphatic carbocycles. The molecule has 2 fully saturated rings. The van der Waals surface area contributed by atoms with Gasteiger partial charge in [0, 0.05) is 44.4 Å². The lowest BCUT2D eigenvalue weighted by molar-refractivity contribution is 0.0611. The molecule has 4 aromatic rings. The predicted octanol–water partition coefficient (Wildman–Crippen LogP) is 2.21. The maximum absolute atomic E-state index is 6.15. The zero-order valence-electron chi connectivity index (χ0n) is 20.1. The molecule has 2 aromatic heterocycles. The fourth-order valence-electron chi connectivity index (χ4n) is 4.69. The Kier molecular flexibility index (Phi) is 6.09. The number of benzene rings is 2. The molecule has 2 aliphatic rings. The van der Waals surface area contributed by atoms with Gasteiger partial charge in [0.1, 0.15) is 24.0 Å². The van der Waals surface area contributed by atoms with Crippen molar-refractivity contribution >= 4 is 5.69 Å². The predicted molar refractivity (Wildman–Crippen MR) is 131 cm³/mol. The third-order valence-electron chi connectivity index (χ3n) is 6.67. The molecule has 6 rings (SSSR count). The van der Waals surface area contributed by atoms with Crippen LogP contribution in [0.25, 0.3) is 5.69 Å². The van der Waals surface area contributed by atoms with E-state index < -0.39 is 0 Å². The summed E-state index contributed by atoms with van der Waals surface area (Å²) in [5, 5.41) is 15.7. The van der Waals surface area contributed by atoms with Gasteiger partial charge in [0.2, 0.25) is 0 Å². The SMILES string of the molecule is CN(C)c1ccc(CNC2COC3C2OCC3n2nnnc2Oc2ccc(-n3ccnc3)cc2)cc1. The molecule has 4 heterocycles. The molecule has 0 saturated carbocycles. The molecule has 2 saturated heterocycles. The van der Waals surface area contributed by atoms with Crippen LogP contribution in [0.15, 0.2) is 67.3 Å². The molecule has 186 valence electrons. The number of nitrogens with zero attached hydrogens (tertiary/aromatic N) is 7. The molecule has 2 aromatic carbocycles. The van der Waals surface area contributed by atoms with Crippen molar-refractivity contribution in [3.8, 4) is 17.4 Å². The Balaban J connectivity index is 1.09. The number of imidazole rings is 1. The van der Waals surface area contributed by atoms with Crippen molar-refractivity contribution in [1.82, 2.24) is 35.1 Å². The fraction of sp³-hybridized carbons (Fsp3) is 0.360. The van der Waals surface area contributed by atoms with Crippen LogP contribution in [0.5, 0.6) is 11.8 Å². The average Bonchev–Trinajstić information content (AvgIpc) is 3.69. The zero-order valence-corrected chi connectivity index (χ0v) is 20.1. The van der Waals surface area contributed by atoms with Crippen LogP contribution in [0.4, 0.5) is 5.69 Å². The number of anilines is 1. The zero-order chi connectivity index (χ0) is 24.5. The Hall–Kier alpha value is -3.80. The summed E-state index contributed by atoms with van der Waals surface area (Å²) in [5.74, 6) is 0.637. The van der Waals surface area contributed by atoms with Gasteiger partial charge >= 0.3 is 6.01 Å². The first-order valence-corrected chi connectivity index (χ1v) is 11.9. The fourth-order valence-corrected chi connectivity index (χ4v) is 4.69. The second kappa shape index (κ2) is 9.69. The van der Waals surface area contributed by atoms with E-state index in [9.17, 15) is 0 Å². The monoisotopic (exact) mass is 488 g/mol. The van der Waals surface area contributed by atoms with E-state index >= 15 is 0 Å². The minimum absolute atomic E-state index is 0.0810. The van der Waals surface area contributed by atoms with Crippen LogP contribution < -0.4 is 15.0 Å². The molecular formula is C25H28N8O3. The molecule has 4 unspecified atom stereocenters. The molecule has 0 radical (unpaired) electrons. The number of nitrogens with one attached hydrogen (secondary N) is 1. The summed E-state index contributed by atoms with van der Waals surface area (Å²) in [6.45, 7) is 1.76. The highest BCUT2D eigenvalue weighted by Gasteiger charge is 2.49. The third kappa shape index (κ3) is 4.43. The molecule has 0 bridgehead atoms. The standard InChI is InChI=1S/C25H28N8O3/c1-31(2)18-5-3-17(4-6-18)13-27-21-14-34-24-22(15-35-23(21)24)33-25(28-29-30-33)36-20-9-7-19(8-10-20)32-12-11-26-16-32/h3-12,16,21-24,27H,13-15H2,1-2H3. The minimum atomic E-state index is -0.170. The minimum Gasteiger partial charge on any atom is -0.423 e. The Bertz CT molecular complexity index is 1270. The molecule has 11 nitrogen and oxygen atoms in total. The molecule has 0 amide bonds. The van der Waals surface area contributed by atoms with Gasteiger partial charge in [-0.2, -0.15) is 4.68 Å². The smallest absolute Gasteiger partial charge is 0.341 e. The topological polar surface area (TPSA) is 104 Å². The quantitative estimate of drug-likeness (QED) is 0.400. The van der Waals surface area contributed by atoms with Crippen molar-refractivity contribution in [2.24, 2.45) is 0 Å². The maximum Gasteiger partial charge on any atom is 0.341 e. The Morgan fingerprint density at radius 1 is 1.03 bits per heavy atom. The van der Waals surface area contributed by atoms with E-state index in [1.807, 2.05) is 49.1 Å². The molecule has 1 N–H and O–H groups in total. The van der Waals surface area contributed by atoms with E-state index in [4.69, 9.17) is 14.2 Å². The highest BCUT2D eigenvalue weighted by atomic mass is 16.6. The number of rotatable bonds is 8. The van der Waals surface area contributed by atoms with Crippen LogP contribution >= 0.6 is 0 Å². The van der Waals surface area contributed by atoms with E-state index in [1.54, 1.807) is 17.2 Å². The second-order valence-electron chi connectivity index (χ2n) is 9.18. The maximum atomic E-state index is 6.15. The van der Waals surface area contributed by atoms with E-state index in [0.717, 1.165) is 12.2 Å². The van der Waals surface area contributed by atoms with Crippen molar-refractivity contribution < 1.29 is 14.2 Å². The molecule has 11 heteroatoms. The van der Waals surface area contributed by atoms with Crippen LogP contribution in [0.3, 0.4) is 0 Å². The summed E-state index contributed by atoms with van der Waals surface area (Å²) in [5.41, 5.74) is 3.38. The van der Waals surface area contributed by atoms with Crippen LogP contribution in [-0.2, 0) is 16.0 Å². The summed E-state index contributed by atoms with van der Waals surface area (Å²) in [7, 11) is 4.08. The van der Waals surface area contributed by atoms with Crippen molar-refractivity contribution in [1.29, 1.82) is 0 Å². The van der Waals surface area contributed by atoms with E-state index in [0.29, 0.717) is 25.0 Å². The van der Waals surface area contributed by atoms with Crippen molar-refractivity contribution in [3.63, 3.8) is 0 Å². The summed E-state index contributed by atoms with van der Waals surface area (Å²) in [4.78, 5) is 6.17. The number of aromatic nitrogens is 6. The number of hydrogen-bond acceptors (Lipinski definition) is 9. The van der Waals surface area contributed by atoms with Gasteiger partial charge in [0.05, 0.1) is 25.6 Å². The Labute approximate surface area is 208 Å². The van der Waals surface area contributed by atoms with Gasteiger partial charge in [-0.1, -0.05) is 17.2 Å². The molecule has 4 atom stereocenters. The van der Waals surface area contributed by atoms with E-state index in [2.05, 4.69) is 55.0 Å². The van der Waals surface area contributed by atoms with Crippen LogP contribution in [0.1, 0.15) is 11.6 Å². The normalized spacial score (nSPS) is 23.1. The van der Waals surface area contributed by atoms with Gasteiger partial charge in [-0.15, -0.1) is 0 Å². The first-order chi connectivity index (χ1) is 17.7. The molecule has 2 aliphatic heterocycles. The summed E-state index contributed by atoms with van der Waals surface area (Å²) >= 11 is 0. The van der Waals surface area contributed by atoms with Gasteiger partial charge < -0.3 is 29.0 Å². The summed E-state index contributed by atoms with van der Waals surface area (Å²) < 4.78 is 21.9. The summed E-state index contributed by atoms with van der Waals surface area (Å²) in [6.07, 6.45) is 5.13. The van der Waals surface area contributed by atoms with Gasteiger partial charge in [-0.25, -0.2) is 4.98 Å². The molecule has 0 spiro atoms. The highest BCUT2D eigenvalue weighted by Crippen LogP contribution is 2.36. The van der Waals surface area contributed by atoms with Gasteiger partial charge in [0.25, 0.3) is 0 Å². The first kappa shape index (κ1) is 22.7. The van der Waals surface area contributed by atoms with Crippen molar-refractivity contribution in [3.05, 3.63) is 72.8 Å². The van der Waals surface area contributed by atoms with Gasteiger partial charge in [-0.05, 0) is 52.4 Å². The first-order valence-electron chi connectivity index (χ1n) is 11.9.